The lowest BCUT2D eigenvalue weighted by molar-refractivity contribution is -0.134. The zero-order chi connectivity index (χ0) is 9.82. The van der Waals surface area contributed by atoms with Crippen molar-refractivity contribution in [2.24, 2.45) is 16.1 Å². The van der Waals surface area contributed by atoms with Gasteiger partial charge >= 0.3 is 5.97 Å². The first-order chi connectivity index (χ1) is 5.72. The zero-order valence-electron chi connectivity index (χ0n) is 7.10. The first-order valence-corrected chi connectivity index (χ1v) is 3.24. The maximum absolute atomic E-state index is 10.2. The van der Waals surface area contributed by atoms with E-state index in [1.165, 1.54) is 6.21 Å². The highest BCUT2D eigenvalue weighted by molar-refractivity contribution is 6.22. The Kier molecular flexibility index (Phi) is 13.2. The maximum atomic E-state index is 10.2. The summed E-state index contributed by atoms with van der Waals surface area (Å²) in [6, 6.07) is 0. The van der Waals surface area contributed by atoms with Crippen molar-refractivity contribution >= 4 is 18.4 Å². The summed E-state index contributed by atoms with van der Waals surface area (Å²) in [6.07, 6.45) is 2.23. The van der Waals surface area contributed by atoms with Crippen molar-refractivity contribution in [2.45, 2.75) is 13.8 Å². The molecule has 3 N–H and O–H groups in total. The Morgan fingerprint density at radius 1 is 1.75 bits per heavy atom. The number of hydrogen-bond acceptors (Lipinski definition) is 6. The minimum Gasteiger partial charge on any atom is -0.462 e. The molecule has 0 heterocycles. The third-order valence-electron chi connectivity index (χ3n) is 0.582. The molecule has 0 unspecified atom stereocenters. The van der Waals surface area contributed by atoms with Gasteiger partial charge in [-0.25, -0.2) is 4.79 Å². The van der Waals surface area contributed by atoms with Crippen molar-refractivity contribution < 1.29 is 14.7 Å². The van der Waals surface area contributed by atoms with Crippen molar-refractivity contribution in [2.75, 3.05) is 6.61 Å². The van der Waals surface area contributed by atoms with Gasteiger partial charge in [-0.15, -0.1) is 5.16 Å². The lowest BCUT2D eigenvalue weighted by Crippen LogP contribution is -2.05. The number of carbonyl (C=O) groups excluding carboxylic acids is 1. The molecule has 0 aromatic rings. The van der Waals surface area contributed by atoms with E-state index in [1.54, 1.807) is 13.8 Å². The number of rotatable bonds is 2. The molecule has 0 saturated heterocycles. The van der Waals surface area contributed by atoms with Crippen molar-refractivity contribution in [1.82, 2.24) is 0 Å². The average Bonchev–Trinajstić information content (AvgIpc) is 2.06. The lowest BCUT2D eigenvalue weighted by Gasteiger charge is -1.90. The molecule has 0 amide bonds. The topological polar surface area (TPSA) is 97.3 Å². The van der Waals surface area contributed by atoms with Gasteiger partial charge < -0.3 is 15.8 Å². The van der Waals surface area contributed by atoms with Gasteiger partial charge in [0, 0.05) is 6.21 Å². The van der Waals surface area contributed by atoms with Crippen LogP contribution in [-0.2, 0) is 9.53 Å². The molecular weight excluding hydrogens is 162 g/mol. The van der Waals surface area contributed by atoms with Gasteiger partial charge in [-0.3, -0.25) is 0 Å². The van der Waals surface area contributed by atoms with Gasteiger partial charge in [-0.05, 0) is 13.8 Å². The van der Waals surface area contributed by atoms with Crippen LogP contribution in [-0.4, -0.2) is 30.2 Å². The van der Waals surface area contributed by atoms with Crippen LogP contribution in [0.5, 0.6) is 0 Å². The second-order valence-corrected chi connectivity index (χ2v) is 1.40. The van der Waals surface area contributed by atoms with Crippen LogP contribution < -0.4 is 5.84 Å². The third-order valence-corrected chi connectivity index (χ3v) is 0.582. The molecule has 0 fully saturated rings. The van der Waals surface area contributed by atoms with Crippen molar-refractivity contribution in [3.63, 3.8) is 0 Å². The second kappa shape index (κ2) is 12.1. The Bertz CT molecular complexity index is 152. The highest BCUT2D eigenvalue weighted by atomic mass is 16.5. The van der Waals surface area contributed by atoms with E-state index in [9.17, 15) is 4.79 Å². The van der Waals surface area contributed by atoms with Gasteiger partial charge in [-0.1, -0.05) is 0 Å². The molecule has 0 rings (SSSR count). The summed E-state index contributed by atoms with van der Waals surface area (Å²) < 4.78 is 4.41. The van der Waals surface area contributed by atoms with Crippen molar-refractivity contribution in [3.05, 3.63) is 0 Å². The Labute approximate surface area is 70.7 Å². The van der Waals surface area contributed by atoms with Crippen molar-refractivity contribution in [3.8, 4) is 0 Å². The van der Waals surface area contributed by atoms with Gasteiger partial charge in [0.2, 0.25) is 0 Å². The zero-order valence-corrected chi connectivity index (χ0v) is 7.10. The van der Waals surface area contributed by atoms with Crippen LogP contribution in [0.2, 0.25) is 0 Å². The van der Waals surface area contributed by atoms with E-state index < -0.39 is 5.97 Å². The summed E-state index contributed by atoms with van der Waals surface area (Å²) in [5.74, 6) is 4.12. The van der Waals surface area contributed by atoms with Crippen LogP contribution in [0.3, 0.4) is 0 Å². The SMILES string of the molecule is C/C=N/O.CCOC(=O)/C=N/N. The molecule has 0 aliphatic carbocycles. The molecule has 0 bridgehead atoms. The molecule has 12 heavy (non-hydrogen) atoms. The molecule has 0 aromatic carbocycles. The summed E-state index contributed by atoms with van der Waals surface area (Å²) >= 11 is 0. The van der Waals surface area contributed by atoms with Crippen LogP contribution in [0.25, 0.3) is 0 Å². The maximum Gasteiger partial charge on any atom is 0.351 e. The first-order valence-electron chi connectivity index (χ1n) is 3.24. The largest absolute Gasteiger partial charge is 0.462 e. The fourth-order valence-corrected chi connectivity index (χ4v) is 0.240. The smallest absolute Gasteiger partial charge is 0.351 e. The molecule has 6 nitrogen and oxygen atoms in total. The normalized spacial score (nSPS) is 9.50. The predicted molar refractivity (Wildman–Crippen MR) is 45.3 cm³/mol. The van der Waals surface area contributed by atoms with E-state index in [4.69, 9.17) is 5.21 Å². The second-order valence-electron chi connectivity index (χ2n) is 1.40. The molecule has 0 spiro atoms. The number of oxime groups is 1. The number of carbonyl (C=O) groups is 1. The van der Waals surface area contributed by atoms with Crippen LogP contribution in [0.15, 0.2) is 10.3 Å². The van der Waals surface area contributed by atoms with E-state index in [0.29, 0.717) is 6.61 Å². The van der Waals surface area contributed by atoms with E-state index >= 15 is 0 Å². The fraction of sp³-hybridized carbons (Fsp3) is 0.500. The van der Waals surface area contributed by atoms with Gasteiger partial charge in [0.15, 0.2) is 0 Å². The highest BCUT2D eigenvalue weighted by Crippen LogP contribution is 1.69. The van der Waals surface area contributed by atoms with E-state index in [1.807, 2.05) is 0 Å². The Hall–Kier alpha value is -1.59. The monoisotopic (exact) mass is 175 g/mol. The summed E-state index contributed by atoms with van der Waals surface area (Å²) in [4.78, 5) is 10.2. The number of nitrogens with two attached hydrogens (primary N) is 1. The minimum atomic E-state index is -0.505. The van der Waals surface area contributed by atoms with Crippen LogP contribution in [0, 0.1) is 0 Å². The van der Waals surface area contributed by atoms with Crippen LogP contribution in [0.1, 0.15) is 13.8 Å². The van der Waals surface area contributed by atoms with E-state index in [2.05, 4.69) is 20.8 Å². The van der Waals surface area contributed by atoms with Crippen molar-refractivity contribution in [1.29, 1.82) is 0 Å². The average molecular weight is 175 g/mol. The molecule has 70 valence electrons. The summed E-state index contributed by atoms with van der Waals surface area (Å²) in [5, 5.41) is 13.0. The Morgan fingerprint density at radius 2 is 2.25 bits per heavy atom. The molecular formula is C6H13N3O3. The lowest BCUT2D eigenvalue weighted by atomic mass is 10.7. The molecule has 0 aromatic heterocycles. The molecule has 6 heteroatoms. The van der Waals surface area contributed by atoms with E-state index in [0.717, 1.165) is 6.21 Å². The first kappa shape index (κ1) is 13.0. The quantitative estimate of drug-likeness (QED) is 0.202. The molecule has 0 saturated carbocycles. The summed E-state index contributed by atoms with van der Waals surface area (Å²) in [6.45, 7) is 3.70. The van der Waals surface area contributed by atoms with Gasteiger partial charge in [0.05, 0.1) is 6.61 Å². The predicted octanol–water partition coefficient (Wildman–Crippen LogP) is -0.0397. The molecule has 0 aliphatic rings. The third kappa shape index (κ3) is 15.8. The number of hydrogen-bond donors (Lipinski definition) is 2. The number of ether oxygens (including phenoxy) is 1. The number of nitrogens with zero attached hydrogens (tertiary/aromatic N) is 2. The summed E-state index contributed by atoms with van der Waals surface area (Å²) in [5.41, 5.74) is 0. The van der Waals surface area contributed by atoms with Crippen LogP contribution in [0.4, 0.5) is 0 Å². The fourth-order valence-electron chi connectivity index (χ4n) is 0.240. The molecule has 0 radical (unpaired) electrons. The number of hydrazone groups is 1. The minimum absolute atomic E-state index is 0.352. The standard InChI is InChI=1S/C4H8N2O2.C2H5NO/c1-2-8-4(7)3-6-5;1-2-3-4/h3H,2,5H2,1H3;2,4H,1H3/b6-3+;3-2+. The molecule has 0 aliphatic heterocycles. The number of esters is 1. The Balaban J connectivity index is 0. The summed E-state index contributed by atoms with van der Waals surface area (Å²) in [7, 11) is 0. The highest BCUT2D eigenvalue weighted by Gasteiger charge is 1.90. The van der Waals surface area contributed by atoms with E-state index in [-0.39, 0.29) is 0 Å². The molecule has 0 atom stereocenters. The van der Waals surface area contributed by atoms with Crippen LogP contribution >= 0.6 is 0 Å². The Morgan fingerprint density at radius 3 is 2.50 bits per heavy atom. The van der Waals surface area contributed by atoms with Gasteiger partial charge in [-0.2, -0.15) is 5.10 Å². The van der Waals surface area contributed by atoms with Gasteiger partial charge in [0.25, 0.3) is 0 Å². The van der Waals surface area contributed by atoms with Gasteiger partial charge in [0.1, 0.15) is 6.21 Å².